The molecule has 1 N–H and O–H groups in total. The summed E-state index contributed by atoms with van der Waals surface area (Å²) in [6.45, 7) is 8.18. The normalized spacial score (nSPS) is 18.9. The van der Waals surface area contributed by atoms with Crippen LogP contribution in [0.3, 0.4) is 0 Å². The Labute approximate surface area is 223 Å². The number of hydrogen-bond acceptors (Lipinski definition) is 10. The fourth-order valence-corrected chi connectivity index (χ4v) is 4.74. The van der Waals surface area contributed by atoms with Crippen LogP contribution in [-0.4, -0.2) is 72.9 Å². The smallest absolute Gasteiger partial charge is 0.312 e. The van der Waals surface area contributed by atoms with E-state index < -0.39 is 52.6 Å². The SMILES string of the molecule is CCC(C)(C)C(=O)OCC(COC(=O)CCSCC(C)(C)C(=O)OC)OC(=O)C1CCCCC1C(=O)O. The lowest BCUT2D eigenvalue weighted by Crippen LogP contribution is -2.39. The van der Waals surface area contributed by atoms with Gasteiger partial charge in [-0.3, -0.25) is 24.0 Å². The molecule has 0 heterocycles. The van der Waals surface area contributed by atoms with Gasteiger partial charge in [-0.15, -0.1) is 0 Å². The number of thioether (sulfide) groups is 1. The lowest BCUT2D eigenvalue weighted by Gasteiger charge is -2.29. The van der Waals surface area contributed by atoms with E-state index in [1.165, 1.54) is 18.9 Å². The standard InChI is InChI=1S/C26H42O10S/c1-7-25(2,3)24(32)35-15-17(36-22(30)19-11-9-8-10-18(19)21(28)29)14-34-20(27)12-13-37-16-26(4,5)23(31)33-6/h17-19H,7-16H2,1-6H3,(H,28,29). The van der Waals surface area contributed by atoms with Crippen LogP contribution in [0.25, 0.3) is 0 Å². The van der Waals surface area contributed by atoms with Gasteiger partial charge in [0.1, 0.15) is 13.2 Å². The molecule has 0 aromatic carbocycles. The Morgan fingerprint density at radius 1 is 0.919 bits per heavy atom. The van der Waals surface area contributed by atoms with Crippen molar-refractivity contribution in [2.45, 2.75) is 79.2 Å². The zero-order chi connectivity index (χ0) is 28.2. The first-order chi connectivity index (χ1) is 17.2. The number of carbonyl (C=O) groups is 5. The van der Waals surface area contributed by atoms with Crippen LogP contribution < -0.4 is 0 Å². The molecule has 10 nitrogen and oxygen atoms in total. The molecule has 1 fully saturated rings. The summed E-state index contributed by atoms with van der Waals surface area (Å²) in [6.07, 6.45) is 1.76. The number of methoxy groups -OCH3 is 1. The van der Waals surface area contributed by atoms with Crippen molar-refractivity contribution in [1.29, 1.82) is 0 Å². The molecular formula is C26H42O10S. The Bertz CT molecular complexity index is 807. The van der Waals surface area contributed by atoms with Crippen molar-refractivity contribution in [3.8, 4) is 0 Å². The van der Waals surface area contributed by atoms with E-state index in [9.17, 15) is 29.1 Å². The lowest BCUT2D eigenvalue weighted by atomic mass is 9.79. The summed E-state index contributed by atoms with van der Waals surface area (Å²) in [4.78, 5) is 60.9. The zero-order valence-corrected chi connectivity index (χ0v) is 23.6. The zero-order valence-electron chi connectivity index (χ0n) is 22.8. The molecule has 0 aromatic rings. The summed E-state index contributed by atoms with van der Waals surface area (Å²) in [5.74, 6) is -3.86. The van der Waals surface area contributed by atoms with Crippen LogP contribution in [-0.2, 0) is 42.9 Å². The van der Waals surface area contributed by atoms with E-state index in [-0.39, 0.29) is 25.6 Å². The van der Waals surface area contributed by atoms with Gasteiger partial charge in [-0.05, 0) is 47.0 Å². The summed E-state index contributed by atoms with van der Waals surface area (Å²) in [7, 11) is 1.33. The molecule has 0 aliphatic heterocycles. The average Bonchev–Trinajstić information content (AvgIpc) is 2.87. The molecular weight excluding hydrogens is 504 g/mol. The Morgan fingerprint density at radius 3 is 2.08 bits per heavy atom. The van der Waals surface area contributed by atoms with E-state index in [0.717, 1.165) is 6.42 Å². The van der Waals surface area contributed by atoms with Crippen molar-refractivity contribution in [2.75, 3.05) is 31.8 Å². The molecule has 3 atom stereocenters. The van der Waals surface area contributed by atoms with Crippen molar-refractivity contribution >= 4 is 41.6 Å². The summed E-state index contributed by atoms with van der Waals surface area (Å²) in [5.41, 5.74) is -1.43. The molecule has 0 saturated heterocycles. The highest BCUT2D eigenvalue weighted by Crippen LogP contribution is 2.32. The third-order valence-corrected chi connectivity index (χ3v) is 8.01. The van der Waals surface area contributed by atoms with Crippen LogP contribution >= 0.6 is 11.8 Å². The molecule has 1 aliphatic rings. The maximum atomic E-state index is 12.8. The van der Waals surface area contributed by atoms with Gasteiger partial charge in [-0.25, -0.2) is 0 Å². The summed E-state index contributed by atoms with van der Waals surface area (Å²) >= 11 is 1.41. The molecule has 0 bridgehead atoms. The minimum atomic E-state index is -1.06. The number of aliphatic carboxylic acids is 1. The molecule has 3 unspecified atom stereocenters. The van der Waals surface area contributed by atoms with E-state index >= 15 is 0 Å². The van der Waals surface area contributed by atoms with Crippen molar-refractivity contribution in [1.82, 2.24) is 0 Å². The molecule has 1 aliphatic carbocycles. The first kappa shape index (κ1) is 32.7. The number of esters is 4. The molecule has 1 rings (SSSR count). The van der Waals surface area contributed by atoms with E-state index in [2.05, 4.69) is 0 Å². The summed E-state index contributed by atoms with van der Waals surface area (Å²) < 4.78 is 20.9. The largest absolute Gasteiger partial charge is 0.481 e. The van der Waals surface area contributed by atoms with Crippen molar-refractivity contribution < 1.29 is 48.0 Å². The van der Waals surface area contributed by atoms with Gasteiger partial charge in [0.2, 0.25) is 0 Å². The third kappa shape index (κ3) is 10.9. The number of hydrogen-bond donors (Lipinski definition) is 1. The summed E-state index contributed by atoms with van der Waals surface area (Å²) in [5, 5.41) is 9.48. The van der Waals surface area contributed by atoms with Crippen LogP contribution in [0.4, 0.5) is 0 Å². The second-order valence-corrected chi connectivity index (χ2v) is 11.7. The molecule has 11 heteroatoms. The van der Waals surface area contributed by atoms with Crippen LogP contribution in [0, 0.1) is 22.7 Å². The monoisotopic (exact) mass is 546 g/mol. The van der Waals surface area contributed by atoms with Gasteiger partial charge in [-0.2, -0.15) is 11.8 Å². The Balaban J connectivity index is 2.71. The molecule has 212 valence electrons. The van der Waals surface area contributed by atoms with Crippen LogP contribution in [0.2, 0.25) is 0 Å². The predicted molar refractivity (Wildman–Crippen MR) is 137 cm³/mol. The molecule has 0 amide bonds. The fourth-order valence-electron chi connectivity index (χ4n) is 3.66. The van der Waals surface area contributed by atoms with E-state index in [0.29, 0.717) is 37.2 Å². The van der Waals surface area contributed by atoms with Gasteiger partial charge in [0.05, 0.1) is 36.2 Å². The molecule has 0 radical (unpaired) electrons. The quantitative estimate of drug-likeness (QED) is 0.183. The molecule has 1 saturated carbocycles. The van der Waals surface area contributed by atoms with Gasteiger partial charge >= 0.3 is 29.8 Å². The lowest BCUT2D eigenvalue weighted by molar-refractivity contribution is -0.176. The predicted octanol–water partition coefficient (Wildman–Crippen LogP) is 3.63. The van der Waals surface area contributed by atoms with Gasteiger partial charge in [0, 0.05) is 11.5 Å². The highest BCUT2D eigenvalue weighted by molar-refractivity contribution is 7.99. The Kier molecular flexibility index (Phi) is 13.4. The van der Waals surface area contributed by atoms with Crippen molar-refractivity contribution in [3.63, 3.8) is 0 Å². The van der Waals surface area contributed by atoms with Crippen molar-refractivity contribution in [2.24, 2.45) is 22.7 Å². The van der Waals surface area contributed by atoms with Crippen LogP contribution in [0.5, 0.6) is 0 Å². The van der Waals surface area contributed by atoms with Crippen LogP contribution in [0.15, 0.2) is 0 Å². The minimum Gasteiger partial charge on any atom is -0.481 e. The first-order valence-corrected chi connectivity index (χ1v) is 13.8. The number of rotatable bonds is 15. The Morgan fingerprint density at radius 2 is 1.51 bits per heavy atom. The van der Waals surface area contributed by atoms with E-state index in [1.54, 1.807) is 27.7 Å². The number of carbonyl (C=O) groups excluding carboxylic acids is 4. The Hall–Kier alpha value is -2.30. The van der Waals surface area contributed by atoms with Gasteiger partial charge in [0.15, 0.2) is 6.10 Å². The molecule has 37 heavy (non-hydrogen) atoms. The van der Waals surface area contributed by atoms with E-state index in [1.807, 2.05) is 6.92 Å². The van der Waals surface area contributed by atoms with Crippen molar-refractivity contribution in [3.05, 3.63) is 0 Å². The minimum absolute atomic E-state index is 0.0644. The number of carboxylic acids is 1. The molecule has 0 spiro atoms. The highest BCUT2D eigenvalue weighted by atomic mass is 32.2. The molecule has 0 aromatic heterocycles. The van der Waals surface area contributed by atoms with Crippen LogP contribution in [0.1, 0.15) is 73.1 Å². The van der Waals surface area contributed by atoms with Gasteiger partial charge in [-0.1, -0.05) is 19.8 Å². The first-order valence-electron chi connectivity index (χ1n) is 12.7. The number of ether oxygens (including phenoxy) is 4. The van der Waals surface area contributed by atoms with E-state index in [4.69, 9.17) is 18.9 Å². The van der Waals surface area contributed by atoms with Gasteiger partial charge in [0.25, 0.3) is 0 Å². The topological polar surface area (TPSA) is 142 Å². The maximum Gasteiger partial charge on any atom is 0.312 e. The average molecular weight is 547 g/mol. The number of carboxylic acid groups (broad SMARTS) is 1. The maximum absolute atomic E-state index is 12.8. The third-order valence-electron chi connectivity index (χ3n) is 6.59. The van der Waals surface area contributed by atoms with Gasteiger partial charge < -0.3 is 24.1 Å². The fraction of sp³-hybridized carbons (Fsp3) is 0.808. The second-order valence-electron chi connectivity index (χ2n) is 10.6. The highest BCUT2D eigenvalue weighted by Gasteiger charge is 2.38. The second kappa shape index (κ2) is 15.2. The summed E-state index contributed by atoms with van der Waals surface area (Å²) in [6, 6.07) is 0.